The third kappa shape index (κ3) is 3.27. The minimum Gasteiger partial charge on any atom is -0.392 e. The molecule has 1 aliphatic rings. The second-order valence-electron chi connectivity index (χ2n) is 5.06. The number of β-amino-alcohol motifs (C(OH)–C–C–N with tert-alkyl or cyclic N) is 1. The normalized spacial score (nSPS) is 17.2. The van der Waals surface area contributed by atoms with Gasteiger partial charge in [0.15, 0.2) is 0 Å². The lowest BCUT2D eigenvalue weighted by molar-refractivity contribution is -0.384. The van der Waals surface area contributed by atoms with Crippen molar-refractivity contribution in [2.24, 2.45) is 0 Å². The van der Waals surface area contributed by atoms with Crippen LogP contribution in [0.1, 0.15) is 6.92 Å². The lowest BCUT2D eigenvalue weighted by Crippen LogP contribution is -2.46. The van der Waals surface area contributed by atoms with Crippen LogP contribution in [-0.4, -0.2) is 47.2 Å². The summed E-state index contributed by atoms with van der Waals surface area (Å²) < 4.78 is 0. The lowest BCUT2D eigenvalue weighted by atomic mass is 10.2. The Morgan fingerprint density at radius 1 is 1.40 bits per heavy atom. The lowest BCUT2D eigenvalue weighted by Gasteiger charge is -2.39. The molecule has 1 aromatic rings. The number of nitro benzene ring substituents is 1. The quantitative estimate of drug-likeness (QED) is 0.669. The van der Waals surface area contributed by atoms with Gasteiger partial charge in [-0.15, -0.1) is 0 Å². The van der Waals surface area contributed by atoms with Crippen molar-refractivity contribution in [3.05, 3.63) is 46.7 Å². The molecule has 0 saturated carbocycles. The van der Waals surface area contributed by atoms with Gasteiger partial charge in [0.2, 0.25) is 0 Å². The van der Waals surface area contributed by atoms with E-state index in [0.717, 1.165) is 24.5 Å². The Labute approximate surface area is 118 Å². The van der Waals surface area contributed by atoms with Crippen molar-refractivity contribution in [1.82, 2.24) is 4.90 Å². The Balaban J connectivity index is 2.02. The highest BCUT2D eigenvalue weighted by Crippen LogP contribution is 2.23. The fourth-order valence-corrected chi connectivity index (χ4v) is 2.34. The number of hydrogen-bond acceptors (Lipinski definition) is 5. The number of aliphatic hydroxyl groups is 1. The van der Waals surface area contributed by atoms with Crippen molar-refractivity contribution in [3.63, 3.8) is 0 Å². The van der Waals surface area contributed by atoms with Gasteiger partial charge in [0.25, 0.3) is 5.69 Å². The van der Waals surface area contributed by atoms with E-state index in [-0.39, 0.29) is 11.8 Å². The Morgan fingerprint density at radius 3 is 2.55 bits per heavy atom. The predicted molar refractivity (Wildman–Crippen MR) is 77.7 cm³/mol. The molecule has 6 nitrogen and oxygen atoms in total. The highest BCUT2D eigenvalue weighted by molar-refractivity contribution is 5.52. The van der Waals surface area contributed by atoms with Crippen LogP contribution in [-0.2, 0) is 0 Å². The molecule has 1 saturated heterocycles. The zero-order valence-electron chi connectivity index (χ0n) is 11.5. The van der Waals surface area contributed by atoms with E-state index in [1.165, 1.54) is 12.1 Å². The second kappa shape index (κ2) is 5.92. The topological polar surface area (TPSA) is 69.8 Å². The van der Waals surface area contributed by atoms with E-state index in [1.807, 2.05) is 0 Å². The first-order valence-corrected chi connectivity index (χ1v) is 6.57. The molecule has 0 radical (unpaired) electrons. The maximum Gasteiger partial charge on any atom is 0.269 e. The van der Waals surface area contributed by atoms with Gasteiger partial charge in [-0.05, 0) is 19.1 Å². The van der Waals surface area contributed by atoms with Gasteiger partial charge < -0.3 is 14.9 Å². The van der Waals surface area contributed by atoms with Crippen molar-refractivity contribution in [2.75, 3.05) is 31.1 Å². The molecule has 0 aromatic heterocycles. The van der Waals surface area contributed by atoms with E-state index in [0.29, 0.717) is 13.1 Å². The Morgan fingerprint density at radius 2 is 2.05 bits per heavy atom. The van der Waals surface area contributed by atoms with Crippen molar-refractivity contribution in [1.29, 1.82) is 0 Å². The van der Waals surface area contributed by atoms with Gasteiger partial charge >= 0.3 is 0 Å². The van der Waals surface area contributed by atoms with Crippen LogP contribution in [0.3, 0.4) is 0 Å². The standard InChI is InChI=1S/C14H19N3O3/c1-11-9-16(8-7-15(11)10-12(2)18)13-3-5-14(6-4-13)17(19)20/h3-6,12,18H,1,7-10H2,2H3/t12-/m0/s1. The van der Waals surface area contributed by atoms with Gasteiger partial charge in [-0.2, -0.15) is 0 Å². The zero-order valence-corrected chi connectivity index (χ0v) is 11.5. The van der Waals surface area contributed by atoms with Crippen LogP contribution in [0.4, 0.5) is 11.4 Å². The predicted octanol–water partition coefficient (Wildman–Crippen LogP) is 1.61. The van der Waals surface area contributed by atoms with Crippen LogP contribution in [0.5, 0.6) is 0 Å². The third-order valence-corrected chi connectivity index (χ3v) is 3.37. The summed E-state index contributed by atoms with van der Waals surface area (Å²) in [5.74, 6) is 0. The first kappa shape index (κ1) is 14.3. The molecule has 0 unspecified atom stereocenters. The number of nitrogens with zero attached hydrogens (tertiary/aromatic N) is 3. The molecule has 1 N–H and O–H groups in total. The molecule has 0 amide bonds. The van der Waals surface area contributed by atoms with Gasteiger partial charge in [-0.3, -0.25) is 10.1 Å². The summed E-state index contributed by atoms with van der Waals surface area (Å²) in [7, 11) is 0. The van der Waals surface area contributed by atoms with Crippen LogP contribution in [0.25, 0.3) is 0 Å². The number of rotatable bonds is 4. The first-order valence-electron chi connectivity index (χ1n) is 6.57. The fourth-order valence-electron chi connectivity index (χ4n) is 2.34. The van der Waals surface area contributed by atoms with Crippen molar-refractivity contribution in [3.8, 4) is 0 Å². The first-order chi connectivity index (χ1) is 9.47. The van der Waals surface area contributed by atoms with E-state index in [4.69, 9.17) is 0 Å². The van der Waals surface area contributed by atoms with Gasteiger partial charge in [-0.1, -0.05) is 6.58 Å². The molecular formula is C14H19N3O3. The highest BCUT2D eigenvalue weighted by atomic mass is 16.6. The SMILES string of the molecule is C=C1CN(c2ccc([N+](=O)[O-])cc2)CCN1C[C@H](C)O. The third-order valence-electron chi connectivity index (χ3n) is 3.37. The Hall–Kier alpha value is -2.08. The minimum atomic E-state index is -0.400. The number of hydrogen-bond donors (Lipinski definition) is 1. The van der Waals surface area contributed by atoms with Crippen LogP contribution < -0.4 is 4.90 Å². The van der Waals surface area contributed by atoms with Crippen molar-refractivity contribution < 1.29 is 10.0 Å². The van der Waals surface area contributed by atoms with Gasteiger partial charge in [0.1, 0.15) is 0 Å². The monoisotopic (exact) mass is 277 g/mol. The summed E-state index contributed by atoms with van der Waals surface area (Å²) in [5, 5.41) is 20.1. The number of non-ortho nitro benzene ring substituents is 1. The molecule has 0 aliphatic carbocycles. The minimum absolute atomic E-state index is 0.0975. The molecule has 2 rings (SSSR count). The van der Waals surface area contributed by atoms with Gasteiger partial charge in [-0.25, -0.2) is 0 Å². The van der Waals surface area contributed by atoms with E-state index in [2.05, 4.69) is 16.4 Å². The second-order valence-corrected chi connectivity index (χ2v) is 5.06. The fraction of sp³-hybridized carbons (Fsp3) is 0.429. The van der Waals surface area contributed by atoms with Crippen LogP contribution in [0.2, 0.25) is 0 Å². The van der Waals surface area contributed by atoms with E-state index in [9.17, 15) is 15.2 Å². The Kier molecular flexibility index (Phi) is 4.24. The molecule has 108 valence electrons. The number of anilines is 1. The van der Waals surface area contributed by atoms with Crippen molar-refractivity contribution in [2.45, 2.75) is 13.0 Å². The summed E-state index contributed by atoms with van der Waals surface area (Å²) >= 11 is 0. The zero-order chi connectivity index (χ0) is 14.7. The van der Waals surface area contributed by atoms with E-state index < -0.39 is 4.92 Å². The highest BCUT2D eigenvalue weighted by Gasteiger charge is 2.21. The molecule has 6 heteroatoms. The van der Waals surface area contributed by atoms with Gasteiger partial charge in [0, 0.05) is 43.2 Å². The summed E-state index contributed by atoms with van der Waals surface area (Å²) in [6.07, 6.45) is -0.377. The van der Waals surface area contributed by atoms with Crippen LogP contribution in [0, 0.1) is 10.1 Å². The van der Waals surface area contributed by atoms with Crippen LogP contribution in [0.15, 0.2) is 36.5 Å². The molecule has 20 heavy (non-hydrogen) atoms. The number of piperazine rings is 1. The molecule has 0 spiro atoms. The van der Waals surface area contributed by atoms with Crippen molar-refractivity contribution >= 4 is 11.4 Å². The average Bonchev–Trinajstić information content (AvgIpc) is 2.41. The molecule has 1 aromatic carbocycles. The molecule has 1 atom stereocenters. The number of benzene rings is 1. The molecule has 1 aliphatic heterocycles. The molecule has 1 heterocycles. The number of aliphatic hydroxyl groups excluding tert-OH is 1. The van der Waals surface area contributed by atoms with E-state index >= 15 is 0 Å². The van der Waals surface area contributed by atoms with Gasteiger partial charge in [0.05, 0.1) is 17.6 Å². The number of nitro groups is 1. The summed E-state index contributed by atoms with van der Waals surface area (Å²) in [4.78, 5) is 14.4. The maximum atomic E-state index is 10.6. The maximum absolute atomic E-state index is 10.6. The summed E-state index contributed by atoms with van der Waals surface area (Å²) in [5.41, 5.74) is 2.00. The smallest absolute Gasteiger partial charge is 0.269 e. The average molecular weight is 277 g/mol. The summed E-state index contributed by atoms with van der Waals surface area (Å²) in [6.45, 7) is 8.66. The van der Waals surface area contributed by atoms with E-state index in [1.54, 1.807) is 19.1 Å². The molecule has 1 fully saturated rings. The summed E-state index contributed by atoms with van der Waals surface area (Å²) in [6, 6.07) is 6.55. The largest absolute Gasteiger partial charge is 0.392 e. The van der Waals surface area contributed by atoms with Crippen LogP contribution >= 0.6 is 0 Å². The Bertz CT molecular complexity index is 499. The molecular weight excluding hydrogens is 258 g/mol. The molecule has 0 bridgehead atoms.